The number of amides is 1. The van der Waals surface area contributed by atoms with E-state index in [2.05, 4.69) is 20.0 Å². The Morgan fingerprint density at radius 2 is 1.91 bits per heavy atom. The topological polar surface area (TPSA) is 115 Å². The van der Waals surface area contributed by atoms with Crippen LogP contribution in [-0.4, -0.2) is 36.0 Å². The van der Waals surface area contributed by atoms with Gasteiger partial charge in [-0.1, -0.05) is 18.2 Å². The standard InChI is InChI=1S/C23H21N5O4S/c1-16-7-8-17(13-21(16)33(30,31)27-19-5-3-4-6-20(19)32-2)23(29)26-18-9-10-22(25-14-18)28-12-11-24-15-28/h3-15,27H,1-2H3,(H,26,29). The number of rotatable bonds is 7. The van der Waals surface area contributed by atoms with E-state index in [9.17, 15) is 13.2 Å². The number of hydrogen-bond acceptors (Lipinski definition) is 6. The van der Waals surface area contributed by atoms with Crippen LogP contribution in [0.5, 0.6) is 5.75 Å². The molecule has 4 aromatic rings. The quantitative estimate of drug-likeness (QED) is 0.432. The summed E-state index contributed by atoms with van der Waals surface area (Å²) in [5, 5.41) is 2.74. The normalized spacial score (nSPS) is 11.1. The zero-order valence-electron chi connectivity index (χ0n) is 17.9. The third kappa shape index (κ3) is 4.85. The van der Waals surface area contributed by atoms with Crippen LogP contribution in [-0.2, 0) is 10.0 Å². The molecule has 2 aromatic heterocycles. The van der Waals surface area contributed by atoms with Gasteiger partial charge in [-0.3, -0.25) is 14.1 Å². The van der Waals surface area contributed by atoms with Crippen LogP contribution in [0.3, 0.4) is 0 Å². The second-order valence-corrected chi connectivity index (χ2v) is 8.77. The van der Waals surface area contributed by atoms with Crippen molar-refractivity contribution < 1.29 is 17.9 Å². The Balaban J connectivity index is 1.55. The molecule has 1 amide bonds. The molecule has 0 aliphatic heterocycles. The number of para-hydroxylation sites is 2. The molecule has 4 rings (SSSR count). The molecule has 0 saturated heterocycles. The number of anilines is 2. The van der Waals surface area contributed by atoms with Crippen molar-refractivity contribution in [3.8, 4) is 11.6 Å². The fraction of sp³-hybridized carbons (Fsp3) is 0.0870. The lowest BCUT2D eigenvalue weighted by Crippen LogP contribution is -2.17. The van der Waals surface area contributed by atoms with E-state index in [-0.39, 0.29) is 10.5 Å². The first-order valence-corrected chi connectivity index (χ1v) is 11.4. The molecule has 33 heavy (non-hydrogen) atoms. The monoisotopic (exact) mass is 463 g/mol. The number of imidazole rings is 1. The summed E-state index contributed by atoms with van der Waals surface area (Å²) in [6.07, 6.45) is 6.54. The van der Waals surface area contributed by atoms with Gasteiger partial charge in [0.1, 0.15) is 17.9 Å². The van der Waals surface area contributed by atoms with Crippen molar-refractivity contribution in [2.24, 2.45) is 0 Å². The van der Waals surface area contributed by atoms with Gasteiger partial charge in [-0.05, 0) is 48.9 Å². The summed E-state index contributed by atoms with van der Waals surface area (Å²) in [6.45, 7) is 1.66. The predicted molar refractivity (Wildman–Crippen MR) is 124 cm³/mol. The lowest BCUT2D eigenvalue weighted by molar-refractivity contribution is 0.102. The summed E-state index contributed by atoms with van der Waals surface area (Å²) >= 11 is 0. The van der Waals surface area contributed by atoms with Crippen molar-refractivity contribution >= 4 is 27.3 Å². The summed E-state index contributed by atoms with van der Waals surface area (Å²) in [4.78, 5) is 21.0. The summed E-state index contributed by atoms with van der Waals surface area (Å²) in [7, 11) is -2.51. The van der Waals surface area contributed by atoms with Gasteiger partial charge in [-0.2, -0.15) is 0 Å². The van der Waals surface area contributed by atoms with Gasteiger partial charge in [-0.15, -0.1) is 0 Å². The molecule has 0 unspecified atom stereocenters. The van der Waals surface area contributed by atoms with Gasteiger partial charge in [-0.25, -0.2) is 18.4 Å². The minimum absolute atomic E-state index is 0.00497. The van der Waals surface area contributed by atoms with Gasteiger partial charge < -0.3 is 10.1 Å². The average molecular weight is 464 g/mol. The Bertz CT molecular complexity index is 1380. The number of sulfonamides is 1. The molecule has 9 nitrogen and oxygen atoms in total. The van der Waals surface area contributed by atoms with Crippen LogP contribution in [0.25, 0.3) is 5.82 Å². The number of benzene rings is 2. The molecule has 2 heterocycles. The molecule has 0 radical (unpaired) electrons. The Labute approximate surface area is 191 Å². The molecule has 2 N–H and O–H groups in total. The molecule has 0 fully saturated rings. The molecule has 0 spiro atoms. The van der Waals surface area contributed by atoms with E-state index in [1.807, 2.05) is 0 Å². The van der Waals surface area contributed by atoms with Crippen LogP contribution < -0.4 is 14.8 Å². The largest absolute Gasteiger partial charge is 0.495 e. The van der Waals surface area contributed by atoms with Crippen molar-refractivity contribution in [1.82, 2.24) is 14.5 Å². The molecule has 2 aromatic carbocycles. The number of nitrogens with zero attached hydrogens (tertiary/aromatic N) is 3. The van der Waals surface area contributed by atoms with Crippen molar-refractivity contribution in [1.29, 1.82) is 0 Å². The van der Waals surface area contributed by atoms with Crippen LogP contribution in [0.2, 0.25) is 0 Å². The lowest BCUT2D eigenvalue weighted by Gasteiger charge is -2.14. The maximum atomic E-state index is 13.1. The maximum absolute atomic E-state index is 13.1. The number of carbonyl (C=O) groups excluding carboxylic acids is 1. The van der Waals surface area contributed by atoms with Gasteiger partial charge in [0.15, 0.2) is 0 Å². The molecular weight excluding hydrogens is 442 g/mol. The average Bonchev–Trinajstić information content (AvgIpc) is 3.35. The Kier molecular flexibility index (Phi) is 6.09. The van der Waals surface area contributed by atoms with E-state index in [0.717, 1.165) is 0 Å². The van der Waals surface area contributed by atoms with Gasteiger partial charge in [0.05, 0.1) is 29.6 Å². The van der Waals surface area contributed by atoms with E-state index in [0.29, 0.717) is 28.5 Å². The fourth-order valence-corrected chi connectivity index (χ4v) is 4.51. The second-order valence-electron chi connectivity index (χ2n) is 7.12. The van der Waals surface area contributed by atoms with Crippen LogP contribution in [0.1, 0.15) is 15.9 Å². The summed E-state index contributed by atoms with van der Waals surface area (Å²) < 4.78 is 35.6. The molecule has 10 heteroatoms. The summed E-state index contributed by atoms with van der Waals surface area (Å²) in [6, 6.07) is 14.6. The molecule has 0 aliphatic rings. The maximum Gasteiger partial charge on any atom is 0.262 e. The Morgan fingerprint density at radius 3 is 2.61 bits per heavy atom. The summed E-state index contributed by atoms with van der Waals surface area (Å²) in [5.74, 6) is 0.580. The van der Waals surface area contributed by atoms with E-state index in [1.54, 1.807) is 78.7 Å². The number of ether oxygens (including phenoxy) is 1. The molecule has 0 bridgehead atoms. The lowest BCUT2D eigenvalue weighted by atomic mass is 10.1. The van der Waals surface area contributed by atoms with E-state index < -0.39 is 15.9 Å². The number of aromatic nitrogens is 3. The summed E-state index contributed by atoms with van der Waals surface area (Å²) in [5.41, 5.74) is 1.47. The minimum atomic E-state index is -3.97. The number of methoxy groups -OCH3 is 1. The highest BCUT2D eigenvalue weighted by molar-refractivity contribution is 7.92. The van der Waals surface area contributed by atoms with Gasteiger partial charge in [0.2, 0.25) is 0 Å². The van der Waals surface area contributed by atoms with Crippen LogP contribution in [0.15, 0.2) is 84.4 Å². The first-order valence-electron chi connectivity index (χ1n) is 9.89. The Morgan fingerprint density at radius 1 is 1.09 bits per heavy atom. The third-order valence-electron chi connectivity index (χ3n) is 4.87. The molecule has 168 valence electrons. The minimum Gasteiger partial charge on any atom is -0.495 e. The van der Waals surface area contributed by atoms with Crippen molar-refractivity contribution in [2.75, 3.05) is 17.1 Å². The van der Waals surface area contributed by atoms with Crippen LogP contribution in [0, 0.1) is 6.92 Å². The van der Waals surface area contributed by atoms with Gasteiger partial charge in [0.25, 0.3) is 15.9 Å². The number of aryl methyl sites for hydroxylation is 1. The van der Waals surface area contributed by atoms with E-state index in [4.69, 9.17) is 4.74 Å². The molecule has 0 aliphatic carbocycles. The first-order chi connectivity index (χ1) is 15.9. The van der Waals surface area contributed by atoms with Crippen LogP contribution in [0.4, 0.5) is 11.4 Å². The van der Waals surface area contributed by atoms with Crippen molar-refractivity contribution in [3.63, 3.8) is 0 Å². The van der Waals surface area contributed by atoms with E-state index >= 15 is 0 Å². The zero-order chi connectivity index (χ0) is 23.4. The number of nitrogens with one attached hydrogen (secondary N) is 2. The number of pyridine rings is 1. The third-order valence-corrected chi connectivity index (χ3v) is 6.37. The first kappa shape index (κ1) is 22.0. The second kappa shape index (κ2) is 9.13. The highest BCUT2D eigenvalue weighted by atomic mass is 32.2. The SMILES string of the molecule is COc1ccccc1NS(=O)(=O)c1cc(C(=O)Nc2ccc(-n3ccnc3)nc2)ccc1C. The van der Waals surface area contributed by atoms with Crippen molar-refractivity contribution in [3.05, 3.63) is 90.6 Å². The highest BCUT2D eigenvalue weighted by Crippen LogP contribution is 2.27. The molecular formula is C23H21N5O4S. The molecule has 0 saturated carbocycles. The predicted octanol–water partition coefficient (Wildman–Crippen LogP) is 3.64. The Hall–Kier alpha value is -4.18. The van der Waals surface area contributed by atoms with Gasteiger partial charge >= 0.3 is 0 Å². The zero-order valence-corrected chi connectivity index (χ0v) is 18.7. The van der Waals surface area contributed by atoms with Crippen molar-refractivity contribution in [2.45, 2.75) is 11.8 Å². The van der Waals surface area contributed by atoms with Gasteiger partial charge in [0, 0.05) is 18.0 Å². The number of carbonyl (C=O) groups is 1. The number of hydrogen-bond donors (Lipinski definition) is 2. The molecule has 0 atom stereocenters. The van der Waals surface area contributed by atoms with E-state index in [1.165, 1.54) is 19.4 Å². The fourth-order valence-electron chi connectivity index (χ4n) is 3.17. The van der Waals surface area contributed by atoms with Crippen LogP contribution >= 0.6 is 0 Å². The highest BCUT2D eigenvalue weighted by Gasteiger charge is 2.21. The smallest absolute Gasteiger partial charge is 0.262 e.